The Labute approximate surface area is 163 Å². The Kier molecular flexibility index (Phi) is 5.77. The minimum Gasteiger partial charge on any atom is -0.403 e. The Morgan fingerprint density at radius 2 is 1.67 bits per heavy atom. The Morgan fingerprint density at radius 1 is 1.11 bits per heavy atom. The van der Waals surface area contributed by atoms with Crippen molar-refractivity contribution < 1.29 is 23.6 Å². The van der Waals surface area contributed by atoms with Gasteiger partial charge in [-0.2, -0.15) is 0 Å². The van der Waals surface area contributed by atoms with Gasteiger partial charge < -0.3 is 18.9 Å². The van der Waals surface area contributed by atoms with E-state index in [1.807, 2.05) is 32.6 Å². The fourth-order valence-corrected chi connectivity index (χ4v) is 4.46. The number of hydrogen-bond acceptors (Lipinski definition) is 5. The first kappa shape index (κ1) is 20.8. The first-order chi connectivity index (χ1) is 12.6. The third kappa shape index (κ3) is 3.70. The summed E-state index contributed by atoms with van der Waals surface area (Å²) >= 11 is 0. The van der Waals surface area contributed by atoms with Gasteiger partial charge in [0.15, 0.2) is 0 Å². The van der Waals surface area contributed by atoms with Crippen molar-refractivity contribution in [2.24, 2.45) is 5.41 Å². The van der Waals surface area contributed by atoms with Gasteiger partial charge in [0.2, 0.25) is 5.91 Å². The molecule has 1 atom stereocenters. The quantitative estimate of drug-likeness (QED) is 0.664. The van der Waals surface area contributed by atoms with Crippen LogP contribution in [0.15, 0.2) is 0 Å². The summed E-state index contributed by atoms with van der Waals surface area (Å²) in [4.78, 5) is 27.5. The highest BCUT2D eigenvalue weighted by atomic mass is 16.7. The number of hydrogen-bond donors (Lipinski definition) is 0. The van der Waals surface area contributed by atoms with Crippen LogP contribution < -0.4 is 0 Å². The average Bonchev–Trinajstić information content (AvgIpc) is 2.80. The van der Waals surface area contributed by atoms with Crippen LogP contribution in [-0.2, 0) is 23.6 Å². The van der Waals surface area contributed by atoms with Crippen LogP contribution >= 0.6 is 0 Å². The number of carbonyl (C=O) groups excluding carboxylic acids is 2. The number of Topliss-reactive ketones (excluding diaryl/α,β-unsaturated/α-hetero) is 1. The van der Waals surface area contributed by atoms with Gasteiger partial charge in [-0.05, 0) is 27.7 Å². The van der Waals surface area contributed by atoms with Crippen LogP contribution in [0.5, 0.6) is 0 Å². The molecule has 0 aromatic rings. The van der Waals surface area contributed by atoms with E-state index in [-0.39, 0.29) is 17.5 Å². The molecule has 6 nitrogen and oxygen atoms in total. The lowest BCUT2D eigenvalue weighted by molar-refractivity contribution is -0.159. The molecule has 2 heterocycles. The van der Waals surface area contributed by atoms with Gasteiger partial charge in [0, 0.05) is 31.7 Å². The van der Waals surface area contributed by atoms with Crippen molar-refractivity contribution >= 4 is 18.8 Å². The zero-order valence-electron chi connectivity index (χ0n) is 17.5. The van der Waals surface area contributed by atoms with Crippen LogP contribution in [0.1, 0.15) is 66.7 Å². The predicted octanol–water partition coefficient (Wildman–Crippen LogP) is 2.85. The summed E-state index contributed by atoms with van der Waals surface area (Å²) in [5, 5.41) is 0. The Hall–Kier alpha value is -0.915. The second-order valence-corrected chi connectivity index (χ2v) is 9.33. The zero-order chi connectivity index (χ0) is 19.9. The molecule has 0 N–H and O–H groups in total. The SMILES string of the molecule is CCCCC(B1OC(C)(C)C(C)(C)O1)C1(C(=O)N2CCOCC2)CC(=O)C1. The average molecular weight is 379 g/mol. The highest BCUT2D eigenvalue weighted by molar-refractivity contribution is 6.48. The van der Waals surface area contributed by atoms with E-state index in [0.29, 0.717) is 39.1 Å². The van der Waals surface area contributed by atoms with Crippen molar-refractivity contribution in [2.45, 2.75) is 83.7 Å². The maximum absolute atomic E-state index is 13.5. The van der Waals surface area contributed by atoms with E-state index >= 15 is 0 Å². The van der Waals surface area contributed by atoms with E-state index in [9.17, 15) is 9.59 Å². The summed E-state index contributed by atoms with van der Waals surface area (Å²) in [6, 6.07) is 0. The lowest BCUT2D eigenvalue weighted by Crippen LogP contribution is -2.58. The number of morpholine rings is 1. The van der Waals surface area contributed by atoms with E-state index in [4.69, 9.17) is 14.0 Å². The van der Waals surface area contributed by atoms with Crippen LogP contribution in [-0.4, -0.2) is 61.2 Å². The minimum absolute atomic E-state index is 0.0845. The second kappa shape index (κ2) is 7.49. The predicted molar refractivity (Wildman–Crippen MR) is 103 cm³/mol. The standard InChI is InChI=1S/C20H34BNO5/c1-6-7-8-16(21-26-18(2,3)19(4,5)27-21)20(13-15(23)14-20)17(24)22-9-11-25-12-10-22/h16H,6-14H2,1-5H3. The topological polar surface area (TPSA) is 65.1 Å². The molecule has 1 amide bonds. The van der Waals surface area contributed by atoms with Gasteiger partial charge in [-0.3, -0.25) is 9.59 Å². The lowest BCUT2D eigenvalue weighted by atomic mass is 9.47. The van der Waals surface area contributed by atoms with Crippen molar-refractivity contribution in [1.29, 1.82) is 0 Å². The first-order valence-electron chi connectivity index (χ1n) is 10.4. The van der Waals surface area contributed by atoms with Crippen LogP contribution in [0.3, 0.4) is 0 Å². The molecule has 0 aromatic heterocycles. The van der Waals surface area contributed by atoms with Gasteiger partial charge >= 0.3 is 7.12 Å². The minimum atomic E-state index is -0.690. The molecule has 0 spiro atoms. The lowest BCUT2D eigenvalue weighted by Gasteiger charge is -2.48. The van der Waals surface area contributed by atoms with Crippen molar-refractivity contribution in [2.75, 3.05) is 26.3 Å². The third-order valence-corrected chi connectivity index (χ3v) is 6.93. The summed E-state index contributed by atoms with van der Waals surface area (Å²) in [7, 11) is -0.459. The second-order valence-electron chi connectivity index (χ2n) is 9.33. The van der Waals surface area contributed by atoms with Gasteiger partial charge in [-0.25, -0.2) is 0 Å². The van der Waals surface area contributed by atoms with E-state index in [1.54, 1.807) is 0 Å². The number of carbonyl (C=O) groups is 2. The number of unbranched alkanes of at least 4 members (excludes halogenated alkanes) is 1. The van der Waals surface area contributed by atoms with Crippen molar-refractivity contribution in [3.63, 3.8) is 0 Å². The maximum Gasteiger partial charge on any atom is 0.462 e. The van der Waals surface area contributed by atoms with Crippen LogP contribution in [0, 0.1) is 5.41 Å². The molecule has 0 radical (unpaired) electrons. The summed E-state index contributed by atoms with van der Waals surface area (Å²) < 4.78 is 18.1. The van der Waals surface area contributed by atoms with Gasteiger partial charge in [0.25, 0.3) is 0 Å². The van der Waals surface area contributed by atoms with Crippen molar-refractivity contribution in [3.8, 4) is 0 Å². The number of nitrogens with zero attached hydrogens (tertiary/aromatic N) is 1. The smallest absolute Gasteiger partial charge is 0.403 e. The molecular weight excluding hydrogens is 345 g/mol. The fraction of sp³-hybridized carbons (Fsp3) is 0.900. The van der Waals surface area contributed by atoms with Gasteiger partial charge in [-0.15, -0.1) is 0 Å². The molecule has 7 heteroatoms. The molecule has 2 aliphatic heterocycles. The number of amides is 1. The zero-order valence-corrected chi connectivity index (χ0v) is 17.5. The molecule has 1 saturated carbocycles. The highest BCUT2D eigenvalue weighted by Crippen LogP contribution is 2.56. The Morgan fingerprint density at radius 3 is 2.15 bits per heavy atom. The van der Waals surface area contributed by atoms with E-state index in [2.05, 4.69) is 6.92 Å². The molecular formula is C20H34BNO5. The van der Waals surface area contributed by atoms with Crippen LogP contribution in [0.4, 0.5) is 0 Å². The molecule has 1 aliphatic carbocycles. The monoisotopic (exact) mass is 379 g/mol. The number of ether oxygens (including phenoxy) is 1. The van der Waals surface area contributed by atoms with Crippen molar-refractivity contribution in [3.05, 3.63) is 0 Å². The molecule has 2 saturated heterocycles. The summed E-state index contributed by atoms with van der Waals surface area (Å²) in [6.45, 7) is 12.6. The van der Waals surface area contributed by atoms with Crippen LogP contribution in [0.2, 0.25) is 5.82 Å². The summed E-state index contributed by atoms with van der Waals surface area (Å²) in [6.07, 6.45) is 3.47. The molecule has 0 aromatic carbocycles. The van der Waals surface area contributed by atoms with Crippen molar-refractivity contribution in [1.82, 2.24) is 4.90 Å². The normalized spacial score (nSPS) is 27.4. The first-order valence-corrected chi connectivity index (χ1v) is 10.4. The Balaban J connectivity index is 1.88. The number of rotatable bonds is 6. The van der Waals surface area contributed by atoms with E-state index in [1.165, 1.54) is 0 Å². The highest BCUT2D eigenvalue weighted by Gasteiger charge is 2.64. The summed E-state index contributed by atoms with van der Waals surface area (Å²) in [5.41, 5.74) is -1.58. The fourth-order valence-electron chi connectivity index (χ4n) is 4.46. The molecule has 1 unspecified atom stereocenters. The van der Waals surface area contributed by atoms with E-state index in [0.717, 1.165) is 19.3 Å². The number of ketones is 1. The van der Waals surface area contributed by atoms with Crippen LogP contribution in [0.25, 0.3) is 0 Å². The molecule has 3 fully saturated rings. The maximum atomic E-state index is 13.5. The molecule has 0 bridgehead atoms. The molecule has 152 valence electrons. The molecule has 3 aliphatic rings. The van der Waals surface area contributed by atoms with Gasteiger partial charge in [-0.1, -0.05) is 26.2 Å². The molecule has 3 rings (SSSR count). The summed E-state index contributed by atoms with van der Waals surface area (Å²) in [5.74, 6) is 0.141. The van der Waals surface area contributed by atoms with E-state index < -0.39 is 23.7 Å². The van der Waals surface area contributed by atoms with Gasteiger partial charge in [0.1, 0.15) is 5.78 Å². The largest absolute Gasteiger partial charge is 0.462 e. The van der Waals surface area contributed by atoms with Gasteiger partial charge in [0.05, 0.1) is 29.8 Å². The molecule has 27 heavy (non-hydrogen) atoms. The Bertz CT molecular complexity index is 561. The third-order valence-electron chi connectivity index (χ3n) is 6.93.